The first-order valence-corrected chi connectivity index (χ1v) is 6.07. The van der Waals surface area contributed by atoms with Crippen molar-refractivity contribution in [1.29, 1.82) is 0 Å². The van der Waals surface area contributed by atoms with Gasteiger partial charge in [-0.1, -0.05) is 13.8 Å². The van der Waals surface area contributed by atoms with E-state index in [2.05, 4.69) is 47.5 Å². The van der Waals surface area contributed by atoms with Gasteiger partial charge in [-0.2, -0.15) is 0 Å². The minimum atomic E-state index is 0.454. The third-order valence-corrected chi connectivity index (χ3v) is 3.09. The normalized spacial score (nSPS) is 16.0. The van der Waals surface area contributed by atoms with E-state index in [-0.39, 0.29) is 0 Å². The van der Waals surface area contributed by atoms with Crippen LogP contribution >= 0.6 is 22.6 Å². The minimum absolute atomic E-state index is 0.454. The fraction of sp³-hybridized carbons (Fsp3) is 0.545. The molecule has 0 spiro atoms. The van der Waals surface area contributed by atoms with Gasteiger partial charge in [-0.25, -0.2) is 0 Å². The molecule has 2 nitrogen and oxygen atoms in total. The highest BCUT2D eigenvalue weighted by molar-refractivity contribution is 14.1. The third-order valence-electron chi connectivity index (χ3n) is 2.25. The minimum Gasteiger partial charge on any atom is -0.488 e. The summed E-state index contributed by atoms with van der Waals surface area (Å²) in [5.41, 5.74) is 1.14. The molecular weight excluding hydrogens is 289 g/mol. The molecule has 76 valence electrons. The molecule has 1 fully saturated rings. The molecule has 1 aromatic rings. The second kappa shape index (κ2) is 4.04. The summed E-state index contributed by atoms with van der Waals surface area (Å²) in [5.74, 6) is 1.43. The molecule has 3 heteroatoms. The van der Waals surface area contributed by atoms with E-state index in [4.69, 9.17) is 4.74 Å². The average molecular weight is 303 g/mol. The third kappa shape index (κ3) is 2.38. The molecule has 1 heterocycles. The molecule has 0 aromatic carbocycles. The number of ether oxygens (including phenoxy) is 1. The second-order valence-electron chi connectivity index (χ2n) is 4.01. The van der Waals surface area contributed by atoms with E-state index in [1.165, 1.54) is 16.4 Å². The number of hydrogen-bond donors (Lipinski definition) is 0. The number of hydrogen-bond acceptors (Lipinski definition) is 2. The van der Waals surface area contributed by atoms with Crippen LogP contribution in [0.15, 0.2) is 12.3 Å². The van der Waals surface area contributed by atoms with Crippen LogP contribution in [0, 0.1) is 3.57 Å². The summed E-state index contributed by atoms with van der Waals surface area (Å²) in [6.07, 6.45) is 4.70. The summed E-state index contributed by atoms with van der Waals surface area (Å²) in [6.45, 7) is 4.31. The Hall–Kier alpha value is -0.320. The van der Waals surface area contributed by atoms with Crippen molar-refractivity contribution in [3.8, 4) is 5.75 Å². The lowest BCUT2D eigenvalue weighted by atomic mass is 10.1. The van der Waals surface area contributed by atoms with Gasteiger partial charge in [-0.15, -0.1) is 0 Å². The molecule has 1 aliphatic carbocycles. The molecule has 1 saturated carbocycles. The summed E-state index contributed by atoms with van der Waals surface area (Å²) in [5, 5.41) is 0. The number of halogens is 1. The summed E-state index contributed by atoms with van der Waals surface area (Å²) < 4.78 is 6.90. The highest BCUT2D eigenvalue weighted by Gasteiger charge is 2.24. The van der Waals surface area contributed by atoms with Crippen LogP contribution in [0.5, 0.6) is 5.75 Å². The SMILES string of the molecule is CC(C)c1cc(I)c(OC2CC2)cn1. The molecule has 1 aliphatic rings. The van der Waals surface area contributed by atoms with E-state index in [0.29, 0.717) is 12.0 Å². The maximum absolute atomic E-state index is 5.72. The number of aromatic nitrogens is 1. The van der Waals surface area contributed by atoms with Crippen LogP contribution in [0.2, 0.25) is 0 Å². The van der Waals surface area contributed by atoms with Crippen LogP contribution in [-0.4, -0.2) is 11.1 Å². The van der Waals surface area contributed by atoms with Crippen molar-refractivity contribution in [2.24, 2.45) is 0 Å². The molecule has 0 unspecified atom stereocenters. The molecule has 0 radical (unpaired) electrons. The van der Waals surface area contributed by atoms with Gasteiger partial charge in [0.1, 0.15) is 0 Å². The Bertz CT molecular complexity index is 334. The van der Waals surface area contributed by atoms with Crippen LogP contribution in [0.1, 0.15) is 38.3 Å². The van der Waals surface area contributed by atoms with Gasteiger partial charge in [0, 0.05) is 5.69 Å². The van der Waals surface area contributed by atoms with Gasteiger partial charge < -0.3 is 4.74 Å². The molecule has 2 rings (SSSR count). The number of rotatable bonds is 3. The molecule has 0 N–H and O–H groups in total. The predicted octanol–water partition coefficient (Wildman–Crippen LogP) is 3.35. The maximum Gasteiger partial charge on any atom is 0.151 e. The van der Waals surface area contributed by atoms with Gasteiger partial charge in [0.2, 0.25) is 0 Å². The first-order valence-electron chi connectivity index (χ1n) is 4.99. The molecule has 0 amide bonds. The van der Waals surface area contributed by atoms with E-state index in [0.717, 1.165) is 11.4 Å². The van der Waals surface area contributed by atoms with Crippen molar-refractivity contribution in [2.45, 2.75) is 38.7 Å². The highest BCUT2D eigenvalue weighted by atomic mass is 127. The van der Waals surface area contributed by atoms with E-state index < -0.39 is 0 Å². The summed E-state index contributed by atoms with van der Waals surface area (Å²) >= 11 is 2.32. The van der Waals surface area contributed by atoms with Crippen molar-refractivity contribution >= 4 is 22.6 Å². The van der Waals surface area contributed by atoms with Crippen LogP contribution < -0.4 is 4.74 Å². The van der Waals surface area contributed by atoms with Gasteiger partial charge in [0.25, 0.3) is 0 Å². The lowest BCUT2D eigenvalue weighted by Crippen LogP contribution is -2.00. The quantitative estimate of drug-likeness (QED) is 0.799. The summed E-state index contributed by atoms with van der Waals surface area (Å²) in [6, 6.07) is 2.11. The lowest BCUT2D eigenvalue weighted by Gasteiger charge is -2.09. The summed E-state index contributed by atoms with van der Waals surface area (Å²) in [7, 11) is 0. The Balaban J connectivity index is 2.17. The molecule has 0 aliphatic heterocycles. The average Bonchev–Trinajstić information content (AvgIpc) is 2.92. The van der Waals surface area contributed by atoms with Crippen molar-refractivity contribution in [3.05, 3.63) is 21.5 Å². The van der Waals surface area contributed by atoms with Crippen LogP contribution in [0.25, 0.3) is 0 Å². The lowest BCUT2D eigenvalue weighted by molar-refractivity contribution is 0.299. The topological polar surface area (TPSA) is 22.1 Å². The zero-order chi connectivity index (χ0) is 10.1. The Labute approximate surface area is 98.2 Å². The van der Waals surface area contributed by atoms with Crippen molar-refractivity contribution in [1.82, 2.24) is 4.98 Å². The van der Waals surface area contributed by atoms with Crippen molar-refractivity contribution < 1.29 is 4.74 Å². The fourth-order valence-electron chi connectivity index (χ4n) is 1.20. The Kier molecular flexibility index (Phi) is 2.95. The Morgan fingerprint density at radius 1 is 1.50 bits per heavy atom. The summed E-state index contributed by atoms with van der Waals surface area (Å²) in [4.78, 5) is 4.39. The Morgan fingerprint density at radius 2 is 2.21 bits per heavy atom. The first kappa shape index (κ1) is 10.2. The monoisotopic (exact) mass is 303 g/mol. The molecule has 14 heavy (non-hydrogen) atoms. The second-order valence-corrected chi connectivity index (χ2v) is 5.17. The van der Waals surface area contributed by atoms with E-state index in [1.807, 2.05) is 6.20 Å². The highest BCUT2D eigenvalue weighted by Crippen LogP contribution is 2.30. The standard InChI is InChI=1S/C11H14INO/c1-7(2)10-5-9(12)11(6-13-10)14-8-3-4-8/h5-8H,3-4H2,1-2H3. The van der Waals surface area contributed by atoms with Gasteiger partial charge in [-0.05, 0) is 47.4 Å². The molecule has 0 atom stereocenters. The zero-order valence-corrected chi connectivity index (χ0v) is 10.6. The maximum atomic E-state index is 5.72. The number of pyridine rings is 1. The molecular formula is C11H14INO. The van der Waals surface area contributed by atoms with Crippen LogP contribution in [0.3, 0.4) is 0 Å². The van der Waals surface area contributed by atoms with E-state index >= 15 is 0 Å². The van der Waals surface area contributed by atoms with Crippen molar-refractivity contribution in [3.63, 3.8) is 0 Å². The molecule has 0 bridgehead atoms. The Morgan fingerprint density at radius 3 is 2.71 bits per heavy atom. The zero-order valence-electron chi connectivity index (χ0n) is 8.46. The molecule has 0 saturated heterocycles. The van der Waals surface area contributed by atoms with Gasteiger partial charge in [0.15, 0.2) is 5.75 Å². The van der Waals surface area contributed by atoms with Crippen LogP contribution in [0.4, 0.5) is 0 Å². The smallest absolute Gasteiger partial charge is 0.151 e. The molecule has 1 aromatic heterocycles. The van der Waals surface area contributed by atoms with E-state index in [1.54, 1.807) is 0 Å². The van der Waals surface area contributed by atoms with Gasteiger partial charge in [-0.3, -0.25) is 4.98 Å². The number of nitrogens with zero attached hydrogens (tertiary/aromatic N) is 1. The van der Waals surface area contributed by atoms with E-state index in [9.17, 15) is 0 Å². The fourth-order valence-corrected chi connectivity index (χ4v) is 1.79. The van der Waals surface area contributed by atoms with Gasteiger partial charge in [0.05, 0.1) is 15.9 Å². The van der Waals surface area contributed by atoms with Crippen molar-refractivity contribution in [2.75, 3.05) is 0 Å². The predicted molar refractivity (Wildman–Crippen MR) is 64.7 cm³/mol. The van der Waals surface area contributed by atoms with Crippen LogP contribution in [-0.2, 0) is 0 Å². The first-order chi connectivity index (χ1) is 6.66. The van der Waals surface area contributed by atoms with Gasteiger partial charge >= 0.3 is 0 Å². The largest absolute Gasteiger partial charge is 0.488 e.